The second-order valence-corrected chi connectivity index (χ2v) is 6.52. The summed E-state index contributed by atoms with van der Waals surface area (Å²) in [5, 5.41) is 5.64. The van der Waals surface area contributed by atoms with E-state index in [2.05, 4.69) is 15.6 Å². The molecule has 5 nitrogen and oxygen atoms in total. The number of pyridine rings is 1. The lowest BCUT2D eigenvalue weighted by Gasteiger charge is -2.22. The van der Waals surface area contributed by atoms with Crippen LogP contribution in [-0.4, -0.2) is 22.8 Å². The highest BCUT2D eigenvalue weighted by Crippen LogP contribution is 2.26. The lowest BCUT2D eigenvalue weighted by molar-refractivity contribution is -0.129. The number of nitrogens with zero attached hydrogens (tertiary/aromatic N) is 1. The highest BCUT2D eigenvalue weighted by atomic mass is 16.2. The van der Waals surface area contributed by atoms with Gasteiger partial charge in [0.05, 0.1) is 0 Å². The van der Waals surface area contributed by atoms with Crippen molar-refractivity contribution in [2.45, 2.75) is 65.0 Å². The van der Waals surface area contributed by atoms with Gasteiger partial charge < -0.3 is 10.6 Å². The van der Waals surface area contributed by atoms with Gasteiger partial charge in [0.25, 0.3) is 0 Å². The summed E-state index contributed by atoms with van der Waals surface area (Å²) in [6.45, 7) is 4.07. The lowest BCUT2D eigenvalue weighted by atomic mass is 9.87. The van der Waals surface area contributed by atoms with Gasteiger partial charge in [-0.15, -0.1) is 0 Å². The standard InChI is InChI=1S/C18H27N3O2/c1-13-8-9-16(11-19-13)12-20-18(23)14(2)21-17(22)10-15-6-4-3-5-7-15/h8-9,11,14-15H,3-7,10,12H2,1-2H3,(H,20,23)(H,21,22). The maximum absolute atomic E-state index is 12.1. The molecule has 23 heavy (non-hydrogen) atoms. The summed E-state index contributed by atoms with van der Waals surface area (Å²) >= 11 is 0. The van der Waals surface area contributed by atoms with E-state index in [1.807, 2.05) is 19.1 Å². The van der Waals surface area contributed by atoms with Crippen molar-refractivity contribution in [2.75, 3.05) is 0 Å². The molecule has 0 aliphatic heterocycles. The third-order valence-electron chi connectivity index (χ3n) is 4.41. The summed E-state index contributed by atoms with van der Waals surface area (Å²) < 4.78 is 0. The Morgan fingerprint density at radius 3 is 2.65 bits per heavy atom. The first-order chi connectivity index (χ1) is 11.0. The topological polar surface area (TPSA) is 71.1 Å². The second-order valence-electron chi connectivity index (χ2n) is 6.52. The summed E-state index contributed by atoms with van der Waals surface area (Å²) in [4.78, 5) is 28.3. The molecule has 2 amide bonds. The summed E-state index contributed by atoms with van der Waals surface area (Å²) in [5.41, 5.74) is 1.90. The summed E-state index contributed by atoms with van der Waals surface area (Å²) in [6, 6.07) is 3.34. The molecule has 1 unspecified atom stereocenters. The predicted molar refractivity (Wildman–Crippen MR) is 89.6 cm³/mol. The maximum Gasteiger partial charge on any atom is 0.242 e. The van der Waals surface area contributed by atoms with Crippen LogP contribution in [0.3, 0.4) is 0 Å². The van der Waals surface area contributed by atoms with E-state index in [1.165, 1.54) is 19.3 Å². The monoisotopic (exact) mass is 317 g/mol. The summed E-state index contributed by atoms with van der Waals surface area (Å²) in [5.74, 6) is 0.303. The van der Waals surface area contributed by atoms with Gasteiger partial charge in [0.2, 0.25) is 11.8 Å². The van der Waals surface area contributed by atoms with Gasteiger partial charge in [0.15, 0.2) is 0 Å². The van der Waals surface area contributed by atoms with Crippen LogP contribution in [0.5, 0.6) is 0 Å². The zero-order valence-corrected chi connectivity index (χ0v) is 14.1. The molecule has 0 radical (unpaired) electrons. The number of carbonyl (C=O) groups excluding carboxylic acids is 2. The number of hydrogen-bond donors (Lipinski definition) is 2. The Hall–Kier alpha value is -1.91. The molecule has 1 aromatic rings. The fraction of sp³-hybridized carbons (Fsp3) is 0.611. The van der Waals surface area contributed by atoms with E-state index in [4.69, 9.17) is 0 Å². The van der Waals surface area contributed by atoms with E-state index >= 15 is 0 Å². The van der Waals surface area contributed by atoms with Crippen LogP contribution in [-0.2, 0) is 16.1 Å². The Kier molecular flexibility index (Phi) is 6.56. The number of carbonyl (C=O) groups is 2. The van der Waals surface area contributed by atoms with Gasteiger partial charge in [-0.1, -0.05) is 25.3 Å². The van der Waals surface area contributed by atoms with Crippen molar-refractivity contribution in [3.63, 3.8) is 0 Å². The van der Waals surface area contributed by atoms with E-state index in [-0.39, 0.29) is 11.8 Å². The lowest BCUT2D eigenvalue weighted by Crippen LogP contribution is -2.45. The summed E-state index contributed by atoms with van der Waals surface area (Å²) in [7, 11) is 0. The predicted octanol–water partition coefficient (Wildman–Crippen LogP) is 2.48. The number of amides is 2. The Morgan fingerprint density at radius 2 is 2.00 bits per heavy atom. The molecule has 1 aromatic heterocycles. The van der Waals surface area contributed by atoms with Gasteiger partial charge >= 0.3 is 0 Å². The molecule has 1 saturated carbocycles. The van der Waals surface area contributed by atoms with Gasteiger partial charge in [-0.25, -0.2) is 0 Å². The third-order valence-corrected chi connectivity index (χ3v) is 4.41. The van der Waals surface area contributed by atoms with Crippen molar-refractivity contribution < 1.29 is 9.59 Å². The number of rotatable bonds is 6. The van der Waals surface area contributed by atoms with E-state index in [1.54, 1.807) is 13.1 Å². The van der Waals surface area contributed by atoms with Crippen LogP contribution in [0.4, 0.5) is 0 Å². The molecular formula is C18H27N3O2. The molecule has 0 bridgehead atoms. The van der Waals surface area contributed by atoms with Crippen molar-refractivity contribution >= 4 is 11.8 Å². The molecule has 1 aliphatic carbocycles. The maximum atomic E-state index is 12.1. The van der Waals surface area contributed by atoms with Crippen molar-refractivity contribution in [3.8, 4) is 0 Å². The number of nitrogens with one attached hydrogen (secondary N) is 2. The van der Waals surface area contributed by atoms with E-state index < -0.39 is 6.04 Å². The molecule has 2 rings (SSSR count). The Labute approximate surface area is 138 Å². The molecule has 1 heterocycles. The van der Waals surface area contributed by atoms with Gasteiger partial charge in [-0.2, -0.15) is 0 Å². The van der Waals surface area contributed by atoms with Crippen LogP contribution >= 0.6 is 0 Å². The Bertz CT molecular complexity index is 522. The largest absolute Gasteiger partial charge is 0.350 e. The average molecular weight is 317 g/mol. The van der Waals surface area contributed by atoms with Crippen LogP contribution in [0.2, 0.25) is 0 Å². The molecule has 2 N–H and O–H groups in total. The van der Waals surface area contributed by atoms with E-state index in [9.17, 15) is 9.59 Å². The average Bonchev–Trinajstić information content (AvgIpc) is 2.54. The zero-order valence-electron chi connectivity index (χ0n) is 14.1. The number of aryl methyl sites for hydroxylation is 1. The minimum Gasteiger partial charge on any atom is -0.350 e. The fourth-order valence-electron chi connectivity index (χ4n) is 2.96. The SMILES string of the molecule is Cc1ccc(CNC(=O)C(C)NC(=O)CC2CCCCC2)cn1. The van der Waals surface area contributed by atoms with Gasteiger partial charge in [-0.05, 0) is 44.2 Å². The van der Waals surface area contributed by atoms with E-state index in [0.29, 0.717) is 18.9 Å². The molecule has 0 spiro atoms. The molecule has 5 heteroatoms. The van der Waals surface area contributed by atoms with Gasteiger partial charge in [-0.3, -0.25) is 14.6 Å². The second kappa shape index (κ2) is 8.65. The van der Waals surface area contributed by atoms with Crippen LogP contribution < -0.4 is 10.6 Å². The van der Waals surface area contributed by atoms with Gasteiger partial charge in [0, 0.05) is 24.9 Å². The first kappa shape index (κ1) is 17.4. The highest BCUT2D eigenvalue weighted by molar-refractivity contribution is 5.87. The Balaban J connectivity index is 1.71. The van der Waals surface area contributed by atoms with Crippen molar-refractivity contribution in [3.05, 3.63) is 29.6 Å². The molecule has 0 aromatic carbocycles. The quantitative estimate of drug-likeness (QED) is 0.847. The molecule has 1 atom stereocenters. The van der Waals surface area contributed by atoms with Crippen molar-refractivity contribution in [1.82, 2.24) is 15.6 Å². The number of aromatic nitrogens is 1. The number of hydrogen-bond acceptors (Lipinski definition) is 3. The molecular weight excluding hydrogens is 290 g/mol. The normalized spacial score (nSPS) is 16.6. The van der Waals surface area contributed by atoms with Crippen LogP contribution in [0.15, 0.2) is 18.3 Å². The van der Waals surface area contributed by atoms with Crippen LogP contribution in [0, 0.1) is 12.8 Å². The van der Waals surface area contributed by atoms with E-state index in [0.717, 1.165) is 24.1 Å². The molecule has 1 fully saturated rings. The third kappa shape index (κ3) is 6.00. The van der Waals surface area contributed by atoms with Crippen LogP contribution in [0.1, 0.15) is 56.7 Å². The first-order valence-corrected chi connectivity index (χ1v) is 8.53. The highest BCUT2D eigenvalue weighted by Gasteiger charge is 2.20. The minimum atomic E-state index is -0.510. The van der Waals surface area contributed by atoms with Gasteiger partial charge in [0.1, 0.15) is 6.04 Å². The fourth-order valence-corrected chi connectivity index (χ4v) is 2.96. The zero-order chi connectivity index (χ0) is 16.7. The first-order valence-electron chi connectivity index (χ1n) is 8.53. The Morgan fingerprint density at radius 1 is 1.26 bits per heavy atom. The molecule has 0 saturated heterocycles. The minimum absolute atomic E-state index is 0.0171. The molecule has 126 valence electrons. The summed E-state index contributed by atoms with van der Waals surface area (Å²) in [6.07, 6.45) is 8.28. The van der Waals surface area contributed by atoms with Crippen molar-refractivity contribution in [1.29, 1.82) is 0 Å². The van der Waals surface area contributed by atoms with Crippen LogP contribution in [0.25, 0.3) is 0 Å². The smallest absolute Gasteiger partial charge is 0.242 e. The van der Waals surface area contributed by atoms with Crippen molar-refractivity contribution in [2.24, 2.45) is 5.92 Å². The molecule has 1 aliphatic rings.